The van der Waals surface area contributed by atoms with Gasteiger partial charge in [-0.2, -0.15) is 0 Å². The van der Waals surface area contributed by atoms with Crippen molar-refractivity contribution in [2.24, 2.45) is 10.9 Å². The van der Waals surface area contributed by atoms with E-state index in [1.54, 1.807) is 7.11 Å². The van der Waals surface area contributed by atoms with Crippen LogP contribution in [0.5, 0.6) is 5.75 Å². The van der Waals surface area contributed by atoms with Crippen molar-refractivity contribution in [3.63, 3.8) is 0 Å². The molecule has 1 saturated carbocycles. The Labute approximate surface area is 198 Å². The lowest BCUT2D eigenvalue weighted by molar-refractivity contribution is 0.245. The zero-order chi connectivity index (χ0) is 20.1. The number of aliphatic imine (C=N–C) groups is 1. The molecule has 168 valence electrons. The largest absolute Gasteiger partial charge is 0.497 e. The predicted molar refractivity (Wildman–Crippen MR) is 134 cm³/mol. The second kappa shape index (κ2) is 11.5. The highest BCUT2D eigenvalue weighted by atomic mass is 127. The molecule has 2 atom stereocenters. The Hall–Kier alpha value is -1.06. The van der Waals surface area contributed by atoms with Crippen molar-refractivity contribution >= 4 is 29.9 Å². The topological polar surface area (TPSA) is 52.1 Å². The molecule has 3 aliphatic rings. The maximum Gasteiger partial charge on any atom is 0.191 e. The second-order valence-electron chi connectivity index (χ2n) is 8.75. The van der Waals surface area contributed by atoms with Gasteiger partial charge >= 0.3 is 0 Å². The van der Waals surface area contributed by atoms with Gasteiger partial charge in [-0.1, -0.05) is 12.1 Å². The van der Waals surface area contributed by atoms with Crippen LogP contribution in [0, 0.1) is 5.92 Å². The van der Waals surface area contributed by atoms with Crippen molar-refractivity contribution in [3.8, 4) is 5.75 Å². The average Bonchev–Trinajstić information content (AvgIpc) is 3.26. The van der Waals surface area contributed by atoms with E-state index in [9.17, 15) is 0 Å². The van der Waals surface area contributed by atoms with Crippen LogP contribution in [-0.4, -0.2) is 75.2 Å². The van der Waals surface area contributed by atoms with E-state index in [0.717, 1.165) is 36.8 Å². The molecule has 0 amide bonds. The molecule has 0 bridgehead atoms. The number of hydrogen-bond acceptors (Lipinski definition) is 4. The predicted octanol–water partition coefficient (Wildman–Crippen LogP) is 3.10. The molecule has 1 aromatic carbocycles. The van der Waals surface area contributed by atoms with Gasteiger partial charge in [-0.25, -0.2) is 0 Å². The van der Waals surface area contributed by atoms with Crippen molar-refractivity contribution in [2.75, 3.05) is 53.4 Å². The summed E-state index contributed by atoms with van der Waals surface area (Å²) in [7, 11) is 3.59. The number of likely N-dealkylation sites (tertiary alicyclic amines) is 2. The fourth-order valence-corrected chi connectivity index (χ4v) is 4.79. The molecule has 7 heteroatoms. The van der Waals surface area contributed by atoms with Crippen LogP contribution in [-0.2, 0) is 0 Å². The summed E-state index contributed by atoms with van der Waals surface area (Å²) < 4.78 is 5.34. The lowest BCUT2D eigenvalue weighted by atomic mass is 10.1. The molecule has 0 aromatic heterocycles. The number of guanidine groups is 1. The lowest BCUT2D eigenvalue weighted by Gasteiger charge is -2.29. The van der Waals surface area contributed by atoms with Gasteiger partial charge in [0.25, 0.3) is 0 Å². The zero-order valence-corrected chi connectivity index (χ0v) is 20.8. The Bertz CT molecular complexity index is 673. The number of benzene rings is 1. The van der Waals surface area contributed by atoms with Gasteiger partial charge in [-0.05, 0) is 75.4 Å². The number of halogens is 1. The van der Waals surface area contributed by atoms with E-state index < -0.39 is 0 Å². The van der Waals surface area contributed by atoms with E-state index in [-0.39, 0.29) is 24.0 Å². The summed E-state index contributed by atoms with van der Waals surface area (Å²) in [4.78, 5) is 9.74. The SMILES string of the molecule is CN=C(NCC1CCN(C2CC2)C1)NCC(c1ccc(OC)cc1)N1CCCC1.I. The summed E-state index contributed by atoms with van der Waals surface area (Å²) in [5, 5.41) is 7.18. The standard InChI is InChI=1S/C23H37N5O.HI/c1-24-23(25-15-18-11-14-28(17-18)20-7-8-20)26-16-22(27-12-3-4-13-27)19-5-9-21(29-2)10-6-19;/h5-6,9-10,18,20,22H,3-4,7-8,11-17H2,1-2H3,(H2,24,25,26);1H. The first-order valence-electron chi connectivity index (χ1n) is 11.3. The van der Waals surface area contributed by atoms with Crippen LogP contribution in [0.2, 0.25) is 0 Å². The van der Waals surface area contributed by atoms with E-state index in [1.165, 1.54) is 63.8 Å². The first kappa shape index (κ1) is 23.6. The van der Waals surface area contributed by atoms with E-state index in [2.05, 4.69) is 49.7 Å². The van der Waals surface area contributed by atoms with Gasteiger partial charge in [0.2, 0.25) is 0 Å². The Morgan fingerprint density at radius 3 is 2.47 bits per heavy atom. The van der Waals surface area contributed by atoms with Crippen LogP contribution < -0.4 is 15.4 Å². The molecule has 0 radical (unpaired) electrons. The van der Waals surface area contributed by atoms with Crippen LogP contribution in [0.15, 0.2) is 29.3 Å². The molecule has 0 spiro atoms. The van der Waals surface area contributed by atoms with Crippen LogP contribution in [0.1, 0.15) is 43.7 Å². The van der Waals surface area contributed by atoms with Gasteiger partial charge in [0.05, 0.1) is 13.2 Å². The normalized spacial score (nSPS) is 23.8. The Kier molecular flexibility index (Phi) is 9.07. The third-order valence-electron chi connectivity index (χ3n) is 6.71. The first-order valence-corrected chi connectivity index (χ1v) is 11.3. The summed E-state index contributed by atoms with van der Waals surface area (Å²) in [6, 6.07) is 9.78. The van der Waals surface area contributed by atoms with Crippen molar-refractivity contribution in [1.29, 1.82) is 0 Å². The van der Waals surface area contributed by atoms with Crippen LogP contribution in [0.3, 0.4) is 0 Å². The monoisotopic (exact) mass is 527 g/mol. The Morgan fingerprint density at radius 2 is 1.83 bits per heavy atom. The molecule has 2 unspecified atom stereocenters. The lowest BCUT2D eigenvalue weighted by Crippen LogP contribution is -2.44. The average molecular weight is 527 g/mol. The van der Waals surface area contributed by atoms with E-state index in [4.69, 9.17) is 4.74 Å². The van der Waals surface area contributed by atoms with E-state index >= 15 is 0 Å². The van der Waals surface area contributed by atoms with Gasteiger partial charge in [0.1, 0.15) is 5.75 Å². The van der Waals surface area contributed by atoms with Gasteiger partial charge in [0.15, 0.2) is 5.96 Å². The summed E-state index contributed by atoms with van der Waals surface area (Å²) >= 11 is 0. The van der Waals surface area contributed by atoms with E-state index in [0.29, 0.717) is 6.04 Å². The molecule has 2 aliphatic heterocycles. The maximum absolute atomic E-state index is 5.34. The molecular weight excluding hydrogens is 489 g/mol. The summed E-state index contributed by atoms with van der Waals surface area (Å²) in [6.45, 7) is 6.74. The van der Waals surface area contributed by atoms with Gasteiger partial charge in [-0.3, -0.25) is 9.89 Å². The van der Waals surface area contributed by atoms with Gasteiger partial charge < -0.3 is 20.3 Å². The molecule has 30 heavy (non-hydrogen) atoms. The fraction of sp³-hybridized carbons (Fsp3) is 0.696. The summed E-state index contributed by atoms with van der Waals surface area (Å²) in [6.07, 6.45) is 6.71. The third kappa shape index (κ3) is 6.23. The number of nitrogens with zero attached hydrogens (tertiary/aromatic N) is 3. The highest BCUT2D eigenvalue weighted by Crippen LogP contribution is 2.31. The smallest absolute Gasteiger partial charge is 0.191 e. The molecular formula is C23H38IN5O. The summed E-state index contributed by atoms with van der Waals surface area (Å²) in [5.41, 5.74) is 1.34. The van der Waals surface area contributed by atoms with Crippen LogP contribution in [0.25, 0.3) is 0 Å². The number of ether oxygens (including phenoxy) is 1. The van der Waals surface area contributed by atoms with Crippen LogP contribution in [0.4, 0.5) is 0 Å². The zero-order valence-electron chi connectivity index (χ0n) is 18.5. The molecule has 1 aromatic rings. The van der Waals surface area contributed by atoms with Crippen molar-refractivity contribution in [3.05, 3.63) is 29.8 Å². The van der Waals surface area contributed by atoms with E-state index in [1.807, 2.05) is 7.05 Å². The minimum absolute atomic E-state index is 0. The van der Waals surface area contributed by atoms with Crippen molar-refractivity contribution in [1.82, 2.24) is 20.4 Å². The highest BCUT2D eigenvalue weighted by Gasteiger charge is 2.34. The third-order valence-corrected chi connectivity index (χ3v) is 6.71. The molecule has 6 nitrogen and oxygen atoms in total. The summed E-state index contributed by atoms with van der Waals surface area (Å²) in [5.74, 6) is 2.58. The fourth-order valence-electron chi connectivity index (χ4n) is 4.79. The van der Waals surface area contributed by atoms with Crippen molar-refractivity contribution in [2.45, 2.75) is 44.2 Å². The molecule has 2 saturated heterocycles. The highest BCUT2D eigenvalue weighted by molar-refractivity contribution is 14.0. The first-order chi connectivity index (χ1) is 14.3. The minimum Gasteiger partial charge on any atom is -0.497 e. The number of methoxy groups -OCH3 is 1. The van der Waals surface area contributed by atoms with Gasteiger partial charge in [-0.15, -0.1) is 24.0 Å². The van der Waals surface area contributed by atoms with Crippen LogP contribution >= 0.6 is 24.0 Å². The Balaban J connectivity index is 0.00000256. The molecule has 2 N–H and O–H groups in total. The maximum atomic E-state index is 5.34. The van der Waals surface area contributed by atoms with Gasteiger partial charge in [0, 0.05) is 32.7 Å². The number of rotatable bonds is 8. The molecule has 1 aliphatic carbocycles. The number of hydrogen-bond donors (Lipinski definition) is 2. The molecule has 4 rings (SSSR count). The number of nitrogens with one attached hydrogen (secondary N) is 2. The Morgan fingerprint density at radius 1 is 1.10 bits per heavy atom. The quantitative estimate of drug-likeness (QED) is 0.309. The van der Waals surface area contributed by atoms with Crippen molar-refractivity contribution < 1.29 is 4.74 Å². The minimum atomic E-state index is 0. The molecule has 3 fully saturated rings. The molecule has 2 heterocycles. The second-order valence-corrected chi connectivity index (χ2v) is 8.75.